The topological polar surface area (TPSA) is 29.3 Å². The molecule has 1 aliphatic carbocycles. The normalized spacial score (nSPS) is 18.5. The molecule has 0 radical (unpaired) electrons. The number of hydrogen-bond donors (Lipinski definition) is 1. The fourth-order valence-electron chi connectivity index (χ4n) is 1.17. The minimum absolute atomic E-state index is 0.664. The van der Waals surface area contributed by atoms with Crippen LogP contribution < -0.4 is 5.73 Å². The number of rotatable bonds is 5. The summed E-state index contributed by atoms with van der Waals surface area (Å²) in [7, 11) is 2.17. The van der Waals surface area contributed by atoms with E-state index in [2.05, 4.69) is 18.0 Å². The van der Waals surface area contributed by atoms with Gasteiger partial charge in [0.15, 0.2) is 0 Å². The number of likely N-dealkylation sites (N-methyl/N-ethyl adjacent to an activating group) is 1. The fraction of sp³-hybridized carbons (Fsp3) is 0.778. The molecule has 1 saturated carbocycles. The number of nitrogens with two attached hydrogens (primary N) is 1. The standard InChI is InChI=1S/C9H18N2/c1-11(7-3-2-6-10)8-9-4-5-9/h2-3,9H,4-8,10H2,1H3. The molecule has 0 aromatic heterocycles. The van der Waals surface area contributed by atoms with Gasteiger partial charge in [0.05, 0.1) is 0 Å². The highest BCUT2D eigenvalue weighted by atomic mass is 15.1. The Morgan fingerprint density at radius 1 is 1.45 bits per heavy atom. The first kappa shape index (κ1) is 8.75. The van der Waals surface area contributed by atoms with Crippen LogP contribution in [0.1, 0.15) is 12.8 Å². The van der Waals surface area contributed by atoms with Gasteiger partial charge < -0.3 is 10.6 Å². The Kier molecular flexibility index (Phi) is 3.60. The van der Waals surface area contributed by atoms with E-state index in [0.29, 0.717) is 6.54 Å². The van der Waals surface area contributed by atoms with Gasteiger partial charge in [0.1, 0.15) is 0 Å². The van der Waals surface area contributed by atoms with Gasteiger partial charge in [-0.25, -0.2) is 0 Å². The SMILES string of the molecule is CN(CC=CCN)CC1CC1. The molecule has 0 aromatic rings. The molecule has 2 nitrogen and oxygen atoms in total. The first-order valence-corrected chi connectivity index (χ1v) is 4.36. The van der Waals surface area contributed by atoms with Crippen LogP contribution in [0.25, 0.3) is 0 Å². The summed E-state index contributed by atoms with van der Waals surface area (Å²) in [4.78, 5) is 2.35. The first-order valence-electron chi connectivity index (χ1n) is 4.36. The molecule has 1 rings (SSSR count). The summed E-state index contributed by atoms with van der Waals surface area (Å²) < 4.78 is 0. The van der Waals surface area contributed by atoms with Crippen molar-refractivity contribution in [1.29, 1.82) is 0 Å². The predicted molar refractivity (Wildman–Crippen MR) is 48.4 cm³/mol. The average Bonchev–Trinajstić information content (AvgIpc) is 2.72. The Balaban J connectivity index is 1.99. The van der Waals surface area contributed by atoms with E-state index in [1.54, 1.807) is 0 Å². The summed E-state index contributed by atoms with van der Waals surface area (Å²) in [5.41, 5.74) is 5.32. The number of nitrogens with zero attached hydrogens (tertiary/aromatic N) is 1. The molecule has 0 heterocycles. The van der Waals surface area contributed by atoms with Crippen LogP contribution in [0.4, 0.5) is 0 Å². The molecule has 0 atom stereocenters. The molecule has 2 N–H and O–H groups in total. The van der Waals surface area contributed by atoms with Crippen molar-refractivity contribution in [2.45, 2.75) is 12.8 Å². The lowest BCUT2D eigenvalue weighted by molar-refractivity contribution is 0.354. The lowest BCUT2D eigenvalue weighted by atomic mass is 10.3. The third kappa shape index (κ3) is 4.17. The third-order valence-electron chi connectivity index (χ3n) is 1.99. The molecular weight excluding hydrogens is 136 g/mol. The molecule has 0 saturated heterocycles. The van der Waals surface area contributed by atoms with Gasteiger partial charge in [0.2, 0.25) is 0 Å². The molecule has 0 aliphatic heterocycles. The van der Waals surface area contributed by atoms with E-state index in [9.17, 15) is 0 Å². The Bertz CT molecular complexity index is 128. The van der Waals surface area contributed by atoms with Crippen LogP contribution >= 0.6 is 0 Å². The maximum absolute atomic E-state index is 5.32. The summed E-state index contributed by atoms with van der Waals surface area (Å²) in [6.45, 7) is 2.97. The van der Waals surface area contributed by atoms with Crippen molar-refractivity contribution < 1.29 is 0 Å². The highest BCUT2D eigenvalue weighted by Crippen LogP contribution is 2.29. The van der Waals surface area contributed by atoms with Gasteiger partial charge in [0, 0.05) is 19.6 Å². The molecule has 0 amide bonds. The average molecular weight is 154 g/mol. The van der Waals surface area contributed by atoms with Crippen molar-refractivity contribution in [3.8, 4) is 0 Å². The molecule has 1 aliphatic rings. The maximum atomic E-state index is 5.32. The van der Waals surface area contributed by atoms with Gasteiger partial charge in [-0.15, -0.1) is 0 Å². The van der Waals surface area contributed by atoms with Crippen molar-refractivity contribution in [1.82, 2.24) is 4.90 Å². The second-order valence-corrected chi connectivity index (χ2v) is 3.37. The van der Waals surface area contributed by atoms with Crippen molar-refractivity contribution >= 4 is 0 Å². The molecule has 11 heavy (non-hydrogen) atoms. The van der Waals surface area contributed by atoms with Gasteiger partial charge in [-0.2, -0.15) is 0 Å². The lowest BCUT2D eigenvalue weighted by Crippen LogP contribution is -2.20. The van der Waals surface area contributed by atoms with Crippen LogP contribution in [0.2, 0.25) is 0 Å². The van der Waals surface area contributed by atoms with Crippen molar-refractivity contribution in [3.63, 3.8) is 0 Å². The molecule has 0 aromatic carbocycles. The van der Waals surface area contributed by atoms with Gasteiger partial charge in [-0.1, -0.05) is 12.2 Å². The van der Waals surface area contributed by atoms with E-state index in [-0.39, 0.29) is 0 Å². The van der Waals surface area contributed by atoms with Crippen LogP contribution in [0.3, 0.4) is 0 Å². The van der Waals surface area contributed by atoms with E-state index >= 15 is 0 Å². The minimum Gasteiger partial charge on any atom is -0.327 e. The van der Waals surface area contributed by atoms with E-state index in [4.69, 9.17) is 5.73 Å². The monoisotopic (exact) mass is 154 g/mol. The highest BCUT2D eigenvalue weighted by molar-refractivity contribution is 4.86. The van der Waals surface area contributed by atoms with Crippen molar-refractivity contribution in [2.75, 3.05) is 26.7 Å². The zero-order valence-corrected chi connectivity index (χ0v) is 7.29. The largest absolute Gasteiger partial charge is 0.327 e. The molecule has 64 valence electrons. The van der Waals surface area contributed by atoms with Crippen LogP contribution in [0.5, 0.6) is 0 Å². The Hall–Kier alpha value is -0.340. The van der Waals surface area contributed by atoms with Crippen molar-refractivity contribution in [2.24, 2.45) is 11.7 Å². The van der Waals surface area contributed by atoms with E-state index in [1.807, 2.05) is 6.08 Å². The Morgan fingerprint density at radius 3 is 2.73 bits per heavy atom. The molecule has 0 spiro atoms. The smallest absolute Gasteiger partial charge is 0.0160 e. The third-order valence-corrected chi connectivity index (χ3v) is 1.99. The van der Waals surface area contributed by atoms with Gasteiger partial charge >= 0.3 is 0 Å². The van der Waals surface area contributed by atoms with Crippen molar-refractivity contribution in [3.05, 3.63) is 12.2 Å². The number of hydrogen-bond acceptors (Lipinski definition) is 2. The zero-order chi connectivity index (χ0) is 8.10. The summed E-state index contributed by atoms with van der Waals surface area (Å²) >= 11 is 0. The Morgan fingerprint density at radius 2 is 2.18 bits per heavy atom. The highest BCUT2D eigenvalue weighted by Gasteiger charge is 2.21. The summed E-state index contributed by atoms with van der Waals surface area (Å²) in [6.07, 6.45) is 7.03. The lowest BCUT2D eigenvalue weighted by Gasteiger charge is -2.12. The molecular formula is C9H18N2. The van der Waals surface area contributed by atoms with Crippen LogP contribution in [-0.4, -0.2) is 31.6 Å². The zero-order valence-electron chi connectivity index (χ0n) is 7.29. The van der Waals surface area contributed by atoms with E-state index < -0.39 is 0 Å². The van der Waals surface area contributed by atoms with Crippen LogP contribution in [0, 0.1) is 5.92 Å². The van der Waals surface area contributed by atoms with Gasteiger partial charge in [-0.05, 0) is 25.8 Å². The van der Waals surface area contributed by atoms with E-state index in [0.717, 1.165) is 12.5 Å². The minimum atomic E-state index is 0.664. The maximum Gasteiger partial charge on any atom is 0.0160 e. The summed E-state index contributed by atoms with van der Waals surface area (Å²) in [5, 5.41) is 0. The molecule has 1 fully saturated rings. The summed E-state index contributed by atoms with van der Waals surface area (Å²) in [5.74, 6) is 0.992. The molecule has 2 heteroatoms. The summed E-state index contributed by atoms with van der Waals surface area (Å²) in [6, 6.07) is 0. The fourth-order valence-corrected chi connectivity index (χ4v) is 1.17. The molecule has 0 bridgehead atoms. The van der Waals surface area contributed by atoms with Crippen LogP contribution in [-0.2, 0) is 0 Å². The van der Waals surface area contributed by atoms with Crippen LogP contribution in [0.15, 0.2) is 12.2 Å². The van der Waals surface area contributed by atoms with E-state index in [1.165, 1.54) is 19.4 Å². The predicted octanol–water partition coefficient (Wildman–Crippen LogP) is 0.843. The Labute approximate surface area is 69.1 Å². The second-order valence-electron chi connectivity index (χ2n) is 3.37. The van der Waals surface area contributed by atoms with Gasteiger partial charge in [-0.3, -0.25) is 0 Å². The quantitative estimate of drug-likeness (QED) is 0.595. The second kappa shape index (κ2) is 4.52. The first-order chi connectivity index (χ1) is 5.33. The van der Waals surface area contributed by atoms with Gasteiger partial charge in [0.25, 0.3) is 0 Å². The molecule has 0 unspecified atom stereocenters.